The van der Waals surface area contributed by atoms with Crippen LogP contribution in [0.5, 0.6) is 0 Å². The van der Waals surface area contributed by atoms with Crippen LogP contribution in [0.15, 0.2) is 81.5 Å². The molecule has 1 heteroatoms. The van der Waals surface area contributed by atoms with E-state index in [1.807, 2.05) is 0 Å². The maximum absolute atomic E-state index is 3.91. The molecule has 0 fully saturated rings. The minimum atomic E-state index is -1.07. The number of benzene rings is 1. The molecule has 1 rings (SSSR count). The molecular weight excluding hydrogens is 247 g/mol. The van der Waals surface area contributed by atoms with Crippen LogP contribution in [0.1, 0.15) is 5.56 Å². The highest BCUT2D eigenvalue weighted by Gasteiger charge is 2.33. The third kappa shape index (κ3) is 6.36. The number of allylic oxidation sites excluding steroid dienone is 3. The molecule has 0 unspecified atom stereocenters. The van der Waals surface area contributed by atoms with Gasteiger partial charge in [0.2, 0.25) is 0 Å². The Kier molecular flexibility index (Phi) is 9.75. The molecule has 0 amide bonds. The highest BCUT2D eigenvalue weighted by molar-refractivity contribution is 7.75. The van der Waals surface area contributed by atoms with Gasteiger partial charge < -0.3 is 0 Å². The van der Waals surface area contributed by atoms with E-state index in [0.29, 0.717) is 0 Å². The molecule has 0 aliphatic heterocycles. The second-order valence-electron chi connectivity index (χ2n) is 4.40. The summed E-state index contributed by atoms with van der Waals surface area (Å²) < 4.78 is 0. The van der Waals surface area contributed by atoms with Crippen LogP contribution >= 0.6 is 7.26 Å². The summed E-state index contributed by atoms with van der Waals surface area (Å²) in [6, 6.07) is 10.7. The van der Waals surface area contributed by atoms with E-state index in [-0.39, 0.29) is 0 Å². The van der Waals surface area contributed by atoms with E-state index in [4.69, 9.17) is 0 Å². The molecule has 0 nitrogen and oxygen atoms in total. The van der Waals surface area contributed by atoms with Gasteiger partial charge in [-0.2, -0.15) is 0 Å². The van der Waals surface area contributed by atoms with Gasteiger partial charge in [0.1, 0.15) is 0 Å². The fraction of sp³-hybridized carbons (Fsp3) is 0.222. The molecule has 0 heterocycles. The summed E-state index contributed by atoms with van der Waals surface area (Å²) in [6.45, 7) is 17.7. The molecule has 0 aliphatic rings. The third-order valence-electron chi connectivity index (χ3n) is 2.91. The van der Waals surface area contributed by atoms with Gasteiger partial charge in [0.05, 0.1) is 24.6 Å². The molecule has 102 valence electrons. The van der Waals surface area contributed by atoms with E-state index < -0.39 is 7.26 Å². The average molecular weight is 273 g/mol. The molecular formula is C18H26P+. The smallest absolute Gasteiger partial charge is 0.0852 e. The van der Waals surface area contributed by atoms with Crippen molar-refractivity contribution in [1.29, 1.82) is 0 Å². The molecule has 0 aromatic heterocycles. The second-order valence-corrected chi connectivity index (χ2v) is 8.49. The van der Waals surface area contributed by atoms with Crippen LogP contribution < -0.4 is 0 Å². The SMILES string of the molecule is C=C.C=CC[P+](CC=C)(CC=C)Cc1ccccc1. The summed E-state index contributed by atoms with van der Waals surface area (Å²) in [7, 11) is -1.07. The van der Waals surface area contributed by atoms with Crippen molar-refractivity contribution in [1.82, 2.24) is 0 Å². The van der Waals surface area contributed by atoms with Crippen LogP contribution in [0.25, 0.3) is 0 Å². The van der Waals surface area contributed by atoms with Crippen molar-refractivity contribution < 1.29 is 0 Å². The number of hydrogen-bond donors (Lipinski definition) is 0. The van der Waals surface area contributed by atoms with Crippen molar-refractivity contribution in [3.8, 4) is 0 Å². The van der Waals surface area contributed by atoms with Crippen LogP contribution in [-0.2, 0) is 6.16 Å². The second kappa shape index (κ2) is 10.5. The van der Waals surface area contributed by atoms with Gasteiger partial charge in [-0.05, 0) is 5.56 Å². The van der Waals surface area contributed by atoms with Crippen LogP contribution in [0.2, 0.25) is 0 Å². The monoisotopic (exact) mass is 273 g/mol. The number of hydrogen-bond acceptors (Lipinski definition) is 0. The number of rotatable bonds is 8. The molecule has 0 aliphatic carbocycles. The lowest BCUT2D eigenvalue weighted by Crippen LogP contribution is -2.07. The first-order valence-electron chi connectivity index (χ1n) is 6.48. The maximum atomic E-state index is 3.91. The normalized spacial score (nSPS) is 9.89. The van der Waals surface area contributed by atoms with Crippen molar-refractivity contribution in [2.75, 3.05) is 18.5 Å². The Hall–Kier alpha value is -1.39. The molecule has 0 radical (unpaired) electrons. The molecule has 19 heavy (non-hydrogen) atoms. The van der Waals surface area contributed by atoms with Gasteiger partial charge in [0.15, 0.2) is 0 Å². The van der Waals surface area contributed by atoms with Crippen molar-refractivity contribution in [2.45, 2.75) is 6.16 Å². The largest absolute Gasteiger partial charge is 0.106 e. The zero-order valence-electron chi connectivity index (χ0n) is 11.9. The molecule has 0 N–H and O–H groups in total. The average Bonchev–Trinajstić information content (AvgIpc) is 2.43. The molecule has 1 aromatic carbocycles. The minimum Gasteiger partial charge on any atom is -0.106 e. The zero-order valence-corrected chi connectivity index (χ0v) is 12.8. The van der Waals surface area contributed by atoms with Gasteiger partial charge in [0.25, 0.3) is 0 Å². The molecule has 1 aromatic rings. The van der Waals surface area contributed by atoms with E-state index in [2.05, 4.69) is 81.5 Å². The minimum absolute atomic E-state index is 1.07. The third-order valence-corrected chi connectivity index (χ3v) is 7.04. The molecule has 0 bridgehead atoms. The Morgan fingerprint density at radius 1 is 0.789 bits per heavy atom. The summed E-state index contributed by atoms with van der Waals surface area (Å²) in [5, 5.41) is 0. The van der Waals surface area contributed by atoms with Gasteiger partial charge in [-0.15, -0.1) is 13.2 Å². The fourth-order valence-electron chi connectivity index (χ4n) is 2.21. The Bertz CT molecular complexity index is 351. The Morgan fingerprint density at radius 3 is 1.58 bits per heavy atom. The molecule has 0 atom stereocenters. The standard InChI is InChI=1S/C16H22P.C2H4/c1-4-12-17(13-5-2,14-6-3)15-16-10-8-7-9-11-16;1-2/h4-11H,1-3,12-15H2;1-2H2/q+1;. The fourth-order valence-corrected chi connectivity index (χ4v) is 5.67. The van der Waals surface area contributed by atoms with Crippen molar-refractivity contribution >= 4 is 7.26 Å². The van der Waals surface area contributed by atoms with Gasteiger partial charge in [-0.1, -0.05) is 68.3 Å². The lowest BCUT2D eigenvalue weighted by atomic mass is 10.2. The highest BCUT2D eigenvalue weighted by Crippen LogP contribution is 2.61. The van der Waals surface area contributed by atoms with Crippen molar-refractivity contribution in [2.24, 2.45) is 0 Å². The van der Waals surface area contributed by atoms with E-state index in [1.54, 1.807) is 0 Å². The van der Waals surface area contributed by atoms with Crippen molar-refractivity contribution in [3.63, 3.8) is 0 Å². The molecule has 0 saturated carbocycles. The van der Waals surface area contributed by atoms with E-state index in [9.17, 15) is 0 Å². The first kappa shape index (κ1) is 17.6. The molecule has 0 spiro atoms. The highest BCUT2D eigenvalue weighted by atomic mass is 31.2. The predicted molar refractivity (Wildman–Crippen MR) is 93.5 cm³/mol. The lowest BCUT2D eigenvalue weighted by Gasteiger charge is -2.24. The van der Waals surface area contributed by atoms with Gasteiger partial charge in [0, 0.05) is 7.26 Å². The summed E-state index contributed by atoms with van der Waals surface area (Å²) in [5.41, 5.74) is 1.42. The molecule has 0 saturated heterocycles. The van der Waals surface area contributed by atoms with Crippen LogP contribution in [0.3, 0.4) is 0 Å². The van der Waals surface area contributed by atoms with Crippen LogP contribution in [0.4, 0.5) is 0 Å². The summed E-state index contributed by atoms with van der Waals surface area (Å²) in [5.74, 6) is 0. The lowest BCUT2D eigenvalue weighted by molar-refractivity contribution is 1.32. The first-order valence-corrected chi connectivity index (χ1v) is 9.01. The maximum Gasteiger partial charge on any atom is 0.0852 e. The van der Waals surface area contributed by atoms with E-state index in [1.165, 1.54) is 5.56 Å². The zero-order chi connectivity index (χ0) is 14.6. The van der Waals surface area contributed by atoms with Gasteiger partial charge >= 0.3 is 0 Å². The Balaban J connectivity index is 0.00000154. The Labute approximate surface area is 119 Å². The topological polar surface area (TPSA) is 0 Å². The summed E-state index contributed by atoms with van der Waals surface area (Å²) in [6.07, 6.45) is 10.7. The predicted octanol–water partition coefficient (Wildman–Crippen LogP) is 5.56. The van der Waals surface area contributed by atoms with Gasteiger partial charge in [-0.3, -0.25) is 0 Å². The Morgan fingerprint density at radius 2 is 1.21 bits per heavy atom. The van der Waals surface area contributed by atoms with Crippen LogP contribution in [0, 0.1) is 0 Å². The van der Waals surface area contributed by atoms with E-state index >= 15 is 0 Å². The van der Waals surface area contributed by atoms with E-state index in [0.717, 1.165) is 24.6 Å². The van der Waals surface area contributed by atoms with Gasteiger partial charge in [-0.25, -0.2) is 0 Å². The first-order chi connectivity index (χ1) is 9.26. The summed E-state index contributed by atoms with van der Waals surface area (Å²) in [4.78, 5) is 0. The quantitative estimate of drug-likeness (QED) is 0.429. The van der Waals surface area contributed by atoms with Crippen LogP contribution in [-0.4, -0.2) is 18.5 Å². The summed E-state index contributed by atoms with van der Waals surface area (Å²) >= 11 is 0. The van der Waals surface area contributed by atoms with Crippen molar-refractivity contribution in [3.05, 3.63) is 87.0 Å².